The van der Waals surface area contributed by atoms with Crippen LogP contribution in [0.2, 0.25) is 5.02 Å². The van der Waals surface area contributed by atoms with Crippen LogP contribution in [0.1, 0.15) is 45.2 Å². The molecular weight excluding hydrogens is 290 g/mol. The number of hydrogen-bond donors (Lipinski definition) is 1. The standard InChI is InChI=1S/C16H22ClNO3/c1-16(2,3)21-15(20)18-9-5-8-13(19)14(18)11-6-4-7-12(17)10-11/h4,6-7,10,13-14,19H,5,8-9H2,1-3H3. The maximum Gasteiger partial charge on any atom is 0.410 e. The maximum atomic E-state index is 12.4. The van der Waals surface area contributed by atoms with Gasteiger partial charge in [0.2, 0.25) is 0 Å². The number of amides is 1. The molecule has 0 bridgehead atoms. The predicted octanol–water partition coefficient (Wildman–Crippen LogP) is 3.77. The number of hydrogen-bond acceptors (Lipinski definition) is 3. The van der Waals surface area contributed by atoms with Crippen molar-refractivity contribution in [1.82, 2.24) is 4.90 Å². The van der Waals surface area contributed by atoms with Crippen molar-refractivity contribution in [1.29, 1.82) is 0 Å². The summed E-state index contributed by atoms with van der Waals surface area (Å²) in [5.41, 5.74) is 0.277. The summed E-state index contributed by atoms with van der Waals surface area (Å²) in [7, 11) is 0. The first-order valence-corrected chi connectivity index (χ1v) is 7.59. The Kier molecular flexibility index (Phi) is 4.79. The van der Waals surface area contributed by atoms with Gasteiger partial charge in [-0.1, -0.05) is 23.7 Å². The van der Waals surface area contributed by atoms with E-state index in [0.29, 0.717) is 18.0 Å². The molecule has 116 valence electrons. The van der Waals surface area contributed by atoms with Gasteiger partial charge in [-0.05, 0) is 51.3 Å². The number of benzene rings is 1. The number of ether oxygens (including phenoxy) is 1. The Balaban J connectivity index is 2.27. The Bertz CT molecular complexity index is 512. The normalized spacial score (nSPS) is 23.0. The lowest BCUT2D eigenvalue weighted by atomic mass is 9.93. The van der Waals surface area contributed by atoms with Crippen LogP contribution in [0.15, 0.2) is 24.3 Å². The van der Waals surface area contributed by atoms with Crippen molar-refractivity contribution >= 4 is 17.7 Å². The zero-order valence-electron chi connectivity index (χ0n) is 12.7. The van der Waals surface area contributed by atoms with Crippen LogP contribution < -0.4 is 0 Å². The molecule has 2 rings (SSSR count). The van der Waals surface area contributed by atoms with E-state index in [1.165, 1.54) is 0 Å². The van der Waals surface area contributed by atoms with Crippen LogP contribution in [-0.4, -0.2) is 34.3 Å². The van der Waals surface area contributed by atoms with Gasteiger partial charge in [0.05, 0.1) is 12.1 Å². The van der Waals surface area contributed by atoms with Gasteiger partial charge in [0, 0.05) is 11.6 Å². The van der Waals surface area contributed by atoms with E-state index in [0.717, 1.165) is 12.0 Å². The topological polar surface area (TPSA) is 49.8 Å². The van der Waals surface area contributed by atoms with Crippen molar-refractivity contribution in [3.05, 3.63) is 34.9 Å². The summed E-state index contributed by atoms with van der Waals surface area (Å²) in [4.78, 5) is 14.0. The van der Waals surface area contributed by atoms with Gasteiger partial charge in [0.1, 0.15) is 5.60 Å². The van der Waals surface area contributed by atoms with E-state index in [9.17, 15) is 9.90 Å². The summed E-state index contributed by atoms with van der Waals surface area (Å²) >= 11 is 6.03. The summed E-state index contributed by atoms with van der Waals surface area (Å²) < 4.78 is 5.45. The lowest BCUT2D eigenvalue weighted by Crippen LogP contribution is -2.47. The summed E-state index contributed by atoms with van der Waals surface area (Å²) in [5, 5.41) is 10.9. The van der Waals surface area contributed by atoms with Crippen molar-refractivity contribution < 1.29 is 14.6 Å². The van der Waals surface area contributed by atoms with Gasteiger partial charge in [-0.3, -0.25) is 4.90 Å². The van der Waals surface area contributed by atoms with E-state index in [-0.39, 0.29) is 0 Å². The minimum atomic E-state index is -0.607. The lowest BCUT2D eigenvalue weighted by molar-refractivity contribution is -0.0239. The van der Waals surface area contributed by atoms with Gasteiger partial charge in [0.25, 0.3) is 0 Å². The van der Waals surface area contributed by atoms with E-state index < -0.39 is 23.8 Å². The van der Waals surface area contributed by atoms with Crippen molar-refractivity contribution in [2.45, 2.75) is 51.4 Å². The molecule has 1 aromatic carbocycles. The molecule has 1 amide bonds. The quantitative estimate of drug-likeness (QED) is 0.859. The molecule has 2 atom stereocenters. The Hall–Kier alpha value is -1.26. The van der Waals surface area contributed by atoms with Gasteiger partial charge in [-0.15, -0.1) is 0 Å². The Morgan fingerprint density at radius 2 is 2.14 bits per heavy atom. The second-order valence-electron chi connectivity index (χ2n) is 6.38. The third-order valence-electron chi connectivity index (χ3n) is 3.42. The first-order valence-electron chi connectivity index (χ1n) is 7.21. The molecule has 2 unspecified atom stereocenters. The molecule has 1 saturated heterocycles. The predicted molar refractivity (Wildman–Crippen MR) is 82.4 cm³/mol. The molecule has 1 heterocycles. The molecule has 0 aromatic heterocycles. The number of nitrogens with zero attached hydrogens (tertiary/aromatic N) is 1. The molecular formula is C16H22ClNO3. The van der Waals surface area contributed by atoms with Crippen LogP contribution >= 0.6 is 11.6 Å². The van der Waals surface area contributed by atoms with Crippen molar-refractivity contribution in [2.24, 2.45) is 0 Å². The zero-order valence-corrected chi connectivity index (χ0v) is 13.4. The van der Waals surface area contributed by atoms with Crippen LogP contribution in [0.3, 0.4) is 0 Å². The Labute approximate surface area is 130 Å². The number of rotatable bonds is 1. The van der Waals surface area contributed by atoms with Gasteiger partial charge in [-0.2, -0.15) is 0 Å². The molecule has 0 radical (unpaired) electrons. The molecule has 1 aliphatic heterocycles. The minimum absolute atomic E-state index is 0.397. The molecule has 1 N–H and O–H groups in total. The number of piperidine rings is 1. The lowest BCUT2D eigenvalue weighted by Gasteiger charge is -2.39. The maximum absolute atomic E-state index is 12.4. The Morgan fingerprint density at radius 1 is 1.43 bits per heavy atom. The molecule has 1 aromatic rings. The molecule has 4 nitrogen and oxygen atoms in total. The zero-order chi connectivity index (χ0) is 15.6. The second-order valence-corrected chi connectivity index (χ2v) is 6.82. The van der Waals surface area contributed by atoms with Crippen LogP contribution in [0.4, 0.5) is 4.79 Å². The molecule has 21 heavy (non-hydrogen) atoms. The second kappa shape index (κ2) is 6.24. The van der Waals surface area contributed by atoms with E-state index >= 15 is 0 Å². The van der Waals surface area contributed by atoms with E-state index in [2.05, 4.69) is 0 Å². The minimum Gasteiger partial charge on any atom is -0.444 e. The van der Waals surface area contributed by atoms with Gasteiger partial charge >= 0.3 is 6.09 Å². The number of carbonyl (C=O) groups excluding carboxylic acids is 1. The summed E-state index contributed by atoms with van der Waals surface area (Å²) in [6, 6.07) is 6.86. The monoisotopic (exact) mass is 311 g/mol. The smallest absolute Gasteiger partial charge is 0.410 e. The van der Waals surface area contributed by atoms with Crippen LogP contribution in [0.5, 0.6) is 0 Å². The number of likely N-dealkylation sites (tertiary alicyclic amines) is 1. The fourth-order valence-electron chi connectivity index (χ4n) is 2.59. The van der Waals surface area contributed by atoms with Crippen LogP contribution in [0, 0.1) is 0 Å². The molecule has 0 spiro atoms. The highest BCUT2D eigenvalue weighted by atomic mass is 35.5. The first-order chi connectivity index (χ1) is 9.78. The summed E-state index contributed by atoms with van der Waals surface area (Å²) in [6.07, 6.45) is 0.421. The largest absolute Gasteiger partial charge is 0.444 e. The highest BCUT2D eigenvalue weighted by molar-refractivity contribution is 6.30. The van der Waals surface area contributed by atoms with E-state index in [4.69, 9.17) is 16.3 Å². The average molecular weight is 312 g/mol. The van der Waals surface area contributed by atoms with E-state index in [1.807, 2.05) is 32.9 Å². The molecule has 1 fully saturated rings. The van der Waals surface area contributed by atoms with Gasteiger partial charge in [-0.25, -0.2) is 4.79 Å². The molecule has 0 aliphatic carbocycles. The fraction of sp³-hybridized carbons (Fsp3) is 0.562. The van der Waals surface area contributed by atoms with Crippen molar-refractivity contribution in [3.63, 3.8) is 0 Å². The molecule has 5 heteroatoms. The van der Waals surface area contributed by atoms with Crippen LogP contribution in [-0.2, 0) is 4.74 Å². The van der Waals surface area contributed by atoms with Crippen LogP contribution in [0.25, 0.3) is 0 Å². The van der Waals surface area contributed by atoms with E-state index in [1.54, 1.807) is 17.0 Å². The SMILES string of the molecule is CC(C)(C)OC(=O)N1CCCC(O)C1c1cccc(Cl)c1. The highest BCUT2D eigenvalue weighted by Crippen LogP contribution is 2.33. The number of halogens is 1. The van der Waals surface area contributed by atoms with Gasteiger partial charge < -0.3 is 9.84 Å². The average Bonchev–Trinajstić information content (AvgIpc) is 2.36. The number of aliphatic hydroxyl groups is 1. The van der Waals surface area contributed by atoms with Crippen molar-refractivity contribution in [2.75, 3.05) is 6.54 Å². The molecule has 1 aliphatic rings. The third kappa shape index (κ3) is 4.11. The Morgan fingerprint density at radius 3 is 2.76 bits per heavy atom. The first kappa shape index (κ1) is 16.1. The number of carbonyl (C=O) groups is 1. The molecule has 0 saturated carbocycles. The number of aliphatic hydroxyl groups excluding tert-OH is 1. The third-order valence-corrected chi connectivity index (χ3v) is 3.65. The van der Waals surface area contributed by atoms with Gasteiger partial charge in [0.15, 0.2) is 0 Å². The fourth-order valence-corrected chi connectivity index (χ4v) is 2.79. The summed E-state index contributed by atoms with van der Waals surface area (Å²) in [6.45, 7) is 6.07. The highest BCUT2D eigenvalue weighted by Gasteiger charge is 2.36. The van der Waals surface area contributed by atoms with Crippen molar-refractivity contribution in [3.8, 4) is 0 Å². The summed E-state index contributed by atoms with van der Waals surface area (Å²) in [5.74, 6) is 0.